The van der Waals surface area contributed by atoms with Gasteiger partial charge in [0.1, 0.15) is 0 Å². The van der Waals surface area contributed by atoms with Gasteiger partial charge in [-0.2, -0.15) is 0 Å². The quantitative estimate of drug-likeness (QED) is 0.213. The van der Waals surface area contributed by atoms with Gasteiger partial charge < -0.3 is 9.31 Å². The number of hydrogen-bond donors (Lipinski definition) is 0. The lowest BCUT2D eigenvalue weighted by atomic mass is 9.62. The fraction of sp³-hybridized carbons (Fsp3) is 0.211. The van der Waals surface area contributed by atoms with E-state index in [1.54, 1.807) is 0 Å². The zero-order valence-corrected chi connectivity index (χ0v) is 24.4. The van der Waals surface area contributed by atoms with Crippen molar-refractivity contribution in [1.82, 2.24) is 0 Å². The highest BCUT2D eigenvalue weighted by Crippen LogP contribution is 2.54. The van der Waals surface area contributed by atoms with Gasteiger partial charge in [-0.15, -0.1) is 0 Å². The topological polar surface area (TPSA) is 18.5 Å². The molecular formula is C38H35BO2. The third kappa shape index (κ3) is 3.87. The minimum absolute atomic E-state index is 0.411. The largest absolute Gasteiger partial charge is 0.494 e. The molecule has 0 spiro atoms. The molecule has 0 aromatic heterocycles. The first kappa shape index (κ1) is 26.0. The third-order valence-corrected chi connectivity index (χ3v) is 9.50. The van der Waals surface area contributed by atoms with Crippen LogP contribution in [0.4, 0.5) is 0 Å². The molecule has 1 fully saturated rings. The van der Waals surface area contributed by atoms with E-state index in [4.69, 9.17) is 9.31 Å². The van der Waals surface area contributed by atoms with Gasteiger partial charge in [-0.05, 0) is 84.6 Å². The number of benzene rings is 5. The number of hydrogen-bond acceptors (Lipinski definition) is 2. The van der Waals surface area contributed by atoms with Gasteiger partial charge in [0.15, 0.2) is 0 Å². The van der Waals surface area contributed by atoms with Crippen LogP contribution in [0.2, 0.25) is 0 Å². The molecule has 1 heterocycles. The maximum absolute atomic E-state index is 6.54. The first-order valence-electron chi connectivity index (χ1n) is 14.5. The molecule has 41 heavy (non-hydrogen) atoms. The Morgan fingerprint density at radius 2 is 0.976 bits per heavy atom. The summed E-state index contributed by atoms with van der Waals surface area (Å²) in [6.07, 6.45) is 0. The first-order valence-corrected chi connectivity index (χ1v) is 14.5. The first-order chi connectivity index (χ1) is 19.7. The molecule has 1 saturated heterocycles. The third-order valence-electron chi connectivity index (χ3n) is 9.50. The predicted molar refractivity (Wildman–Crippen MR) is 170 cm³/mol. The predicted octanol–water partition coefficient (Wildman–Crippen LogP) is 8.32. The minimum atomic E-state index is -0.570. The van der Waals surface area contributed by atoms with Crippen molar-refractivity contribution in [2.24, 2.45) is 0 Å². The van der Waals surface area contributed by atoms with Crippen LogP contribution in [-0.2, 0) is 14.7 Å². The summed E-state index contributed by atoms with van der Waals surface area (Å²) in [5, 5.41) is 0. The molecule has 2 aliphatic rings. The van der Waals surface area contributed by atoms with Crippen molar-refractivity contribution >= 4 is 12.6 Å². The highest BCUT2D eigenvalue weighted by atomic mass is 16.7. The van der Waals surface area contributed by atoms with Gasteiger partial charge in [-0.1, -0.05) is 127 Å². The van der Waals surface area contributed by atoms with E-state index in [0.29, 0.717) is 0 Å². The van der Waals surface area contributed by atoms with Crippen molar-refractivity contribution in [1.29, 1.82) is 0 Å². The fourth-order valence-corrected chi connectivity index (χ4v) is 6.68. The van der Waals surface area contributed by atoms with E-state index in [0.717, 1.165) is 5.46 Å². The zero-order chi connectivity index (χ0) is 28.4. The SMILES string of the molecule is Cc1ccc(C2(c3cccc(B4OC(C)(C)C(C)(C)O4)c3)c3ccccc3-c3ccccc3-c3ccccc32)cc1. The Kier molecular flexibility index (Phi) is 5.90. The molecule has 0 bridgehead atoms. The van der Waals surface area contributed by atoms with E-state index in [9.17, 15) is 0 Å². The maximum Gasteiger partial charge on any atom is 0.494 e. The lowest BCUT2D eigenvalue weighted by Crippen LogP contribution is -2.41. The molecule has 5 aromatic rings. The number of fused-ring (bicyclic) bond motifs is 5. The van der Waals surface area contributed by atoms with Crippen LogP contribution in [0.1, 0.15) is 55.5 Å². The molecule has 7 rings (SSSR count). The van der Waals surface area contributed by atoms with Gasteiger partial charge in [0, 0.05) is 0 Å². The van der Waals surface area contributed by atoms with Gasteiger partial charge in [-0.3, -0.25) is 0 Å². The Morgan fingerprint density at radius 1 is 0.488 bits per heavy atom. The molecule has 0 saturated carbocycles. The second-order valence-electron chi connectivity index (χ2n) is 12.5. The van der Waals surface area contributed by atoms with E-state index in [2.05, 4.69) is 156 Å². The zero-order valence-electron chi connectivity index (χ0n) is 24.4. The Labute approximate surface area is 244 Å². The van der Waals surface area contributed by atoms with Crippen LogP contribution >= 0.6 is 0 Å². The van der Waals surface area contributed by atoms with Crippen LogP contribution < -0.4 is 5.46 Å². The second kappa shape index (κ2) is 9.31. The van der Waals surface area contributed by atoms with Crippen molar-refractivity contribution < 1.29 is 9.31 Å². The summed E-state index contributed by atoms with van der Waals surface area (Å²) < 4.78 is 13.1. The summed E-state index contributed by atoms with van der Waals surface area (Å²) in [6, 6.07) is 44.6. The lowest BCUT2D eigenvalue weighted by Gasteiger charge is -2.38. The number of aryl methyl sites for hydroxylation is 1. The molecule has 0 unspecified atom stereocenters. The summed E-state index contributed by atoms with van der Waals surface area (Å²) >= 11 is 0. The van der Waals surface area contributed by atoms with Crippen LogP contribution in [0.5, 0.6) is 0 Å². The van der Waals surface area contributed by atoms with E-state index < -0.39 is 23.7 Å². The molecule has 0 amide bonds. The normalized spacial score (nSPS) is 17.7. The summed E-state index contributed by atoms with van der Waals surface area (Å²) in [4.78, 5) is 0. The van der Waals surface area contributed by atoms with Crippen LogP contribution in [0, 0.1) is 6.92 Å². The second-order valence-corrected chi connectivity index (χ2v) is 12.5. The average molecular weight is 535 g/mol. The summed E-state index contributed by atoms with van der Waals surface area (Å²) in [6.45, 7) is 10.6. The average Bonchev–Trinajstić information content (AvgIpc) is 3.14. The van der Waals surface area contributed by atoms with Gasteiger partial charge in [0.2, 0.25) is 0 Å². The standard InChI is InChI=1S/C38H35BO2/c1-26-21-23-27(24-22-26)38(28-13-12-14-29(25-28)39-40-36(2,3)37(4,5)41-39)34-19-10-8-17-32(34)30-15-6-7-16-31(30)33-18-9-11-20-35(33)38/h6-25H,1-5H3. The van der Waals surface area contributed by atoms with Crippen molar-refractivity contribution in [3.05, 3.63) is 149 Å². The van der Waals surface area contributed by atoms with E-state index in [-0.39, 0.29) is 0 Å². The molecule has 0 N–H and O–H groups in total. The van der Waals surface area contributed by atoms with E-state index in [1.165, 1.54) is 50.1 Å². The molecule has 0 atom stereocenters. The highest BCUT2D eigenvalue weighted by molar-refractivity contribution is 6.62. The van der Waals surface area contributed by atoms with Gasteiger partial charge in [0.25, 0.3) is 0 Å². The Bertz CT molecular complexity index is 1680. The molecule has 202 valence electrons. The Morgan fingerprint density at radius 3 is 1.51 bits per heavy atom. The summed E-state index contributed by atoms with van der Waals surface area (Å²) in [5.74, 6) is 0. The molecular weight excluding hydrogens is 499 g/mol. The molecule has 3 heteroatoms. The van der Waals surface area contributed by atoms with Gasteiger partial charge in [0.05, 0.1) is 16.6 Å². The fourth-order valence-electron chi connectivity index (χ4n) is 6.68. The smallest absolute Gasteiger partial charge is 0.399 e. The van der Waals surface area contributed by atoms with Gasteiger partial charge >= 0.3 is 7.12 Å². The minimum Gasteiger partial charge on any atom is -0.399 e. The monoisotopic (exact) mass is 534 g/mol. The molecule has 5 aromatic carbocycles. The Balaban J connectivity index is 1.58. The van der Waals surface area contributed by atoms with Crippen molar-refractivity contribution in [3.63, 3.8) is 0 Å². The summed E-state index contributed by atoms with van der Waals surface area (Å²) in [5.41, 5.74) is 10.9. The lowest BCUT2D eigenvalue weighted by molar-refractivity contribution is 0.00578. The maximum atomic E-state index is 6.54. The molecule has 1 aliphatic carbocycles. The van der Waals surface area contributed by atoms with Crippen LogP contribution in [0.15, 0.2) is 121 Å². The summed E-state index contributed by atoms with van der Waals surface area (Å²) in [7, 11) is -0.441. The Hall–Kier alpha value is -3.92. The number of rotatable bonds is 3. The van der Waals surface area contributed by atoms with Crippen LogP contribution in [-0.4, -0.2) is 18.3 Å². The molecule has 2 nitrogen and oxygen atoms in total. The van der Waals surface area contributed by atoms with Crippen molar-refractivity contribution in [3.8, 4) is 22.3 Å². The van der Waals surface area contributed by atoms with Crippen LogP contribution in [0.3, 0.4) is 0 Å². The molecule has 0 radical (unpaired) electrons. The van der Waals surface area contributed by atoms with Gasteiger partial charge in [-0.25, -0.2) is 0 Å². The molecule has 1 aliphatic heterocycles. The van der Waals surface area contributed by atoms with E-state index >= 15 is 0 Å². The van der Waals surface area contributed by atoms with Crippen LogP contribution in [0.25, 0.3) is 22.3 Å². The van der Waals surface area contributed by atoms with E-state index in [1.807, 2.05) is 0 Å². The van der Waals surface area contributed by atoms with Crippen molar-refractivity contribution in [2.45, 2.75) is 51.2 Å². The highest BCUT2D eigenvalue weighted by Gasteiger charge is 2.52. The van der Waals surface area contributed by atoms with Crippen molar-refractivity contribution in [2.75, 3.05) is 0 Å².